The molecule has 0 aromatic carbocycles. The van der Waals surface area contributed by atoms with Crippen LogP contribution in [0.4, 0.5) is 0 Å². The van der Waals surface area contributed by atoms with Crippen LogP contribution in [0.25, 0.3) is 0 Å². The molecule has 2 unspecified atom stereocenters. The molecule has 0 heterocycles. The van der Waals surface area contributed by atoms with Crippen molar-refractivity contribution in [2.75, 3.05) is 19.5 Å². The van der Waals surface area contributed by atoms with Crippen LogP contribution in [0.1, 0.15) is 20.3 Å². The molecule has 0 aromatic heterocycles. The van der Waals surface area contributed by atoms with Gasteiger partial charge in [-0.2, -0.15) is 0 Å². The number of halogens is 1. The van der Waals surface area contributed by atoms with Crippen molar-refractivity contribution in [2.24, 2.45) is 5.92 Å². The highest BCUT2D eigenvalue weighted by molar-refractivity contribution is 6.19. The number of carbonyl (C=O) groups is 1. The van der Waals surface area contributed by atoms with Gasteiger partial charge in [0.05, 0.1) is 6.10 Å². The lowest BCUT2D eigenvalue weighted by molar-refractivity contribution is -0.133. The van der Waals surface area contributed by atoms with Gasteiger partial charge in [0.25, 0.3) is 0 Å². The van der Waals surface area contributed by atoms with Crippen LogP contribution in [0.3, 0.4) is 0 Å². The largest absolute Gasteiger partial charge is 0.393 e. The van der Waals surface area contributed by atoms with Gasteiger partial charge in [-0.3, -0.25) is 4.79 Å². The predicted octanol–water partition coefficient (Wildman–Crippen LogP) is 1.09. The number of aliphatic hydroxyl groups is 1. The number of alkyl halides is 1. The van der Waals surface area contributed by atoms with E-state index in [1.165, 1.54) is 0 Å². The molecule has 0 saturated carbocycles. The van der Waals surface area contributed by atoms with Crippen LogP contribution in [0.15, 0.2) is 0 Å². The van der Waals surface area contributed by atoms with E-state index < -0.39 is 0 Å². The van der Waals surface area contributed by atoms with E-state index >= 15 is 0 Å². The quantitative estimate of drug-likeness (QED) is 0.686. The molecule has 2 atom stereocenters. The Hall–Kier alpha value is -0.280. The zero-order valence-corrected chi connectivity index (χ0v) is 9.21. The minimum atomic E-state index is -0.360. The number of rotatable bonds is 5. The molecule has 13 heavy (non-hydrogen) atoms. The van der Waals surface area contributed by atoms with Crippen molar-refractivity contribution < 1.29 is 9.90 Å². The summed E-state index contributed by atoms with van der Waals surface area (Å²) < 4.78 is 0. The summed E-state index contributed by atoms with van der Waals surface area (Å²) >= 11 is 5.56. The molecule has 0 saturated heterocycles. The topological polar surface area (TPSA) is 40.5 Å². The molecule has 0 spiro atoms. The van der Waals surface area contributed by atoms with Crippen LogP contribution in [-0.2, 0) is 4.79 Å². The number of hydrogen-bond donors (Lipinski definition) is 1. The highest BCUT2D eigenvalue weighted by Gasteiger charge is 2.16. The molecule has 0 fully saturated rings. The van der Waals surface area contributed by atoms with Gasteiger partial charge in [-0.05, 0) is 13.3 Å². The van der Waals surface area contributed by atoms with Gasteiger partial charge in [0.2, 0.25) is 5.91 Å². The summed E-state index contributed by atoms with van der Waals surface area (Å²) in [5.41, 5.74) is 0. The summed E-state index contributed by atoms with van der Waals surface area (Å²) in [6, 6.07) is 0. The minimum absolute atomic E-state index is 0.0376. The van der Waals surface area contributed by atoms with Gasteiger partial charge in [-0.25, -0.2) is 0 Å². The lowest BCUT2D eigenvalue weighted by Gasteiger charge is -2.20. The fourth-order valence-corrected chi connectivity index (χ4v) is 1.06. The summed E-state index contributed by atoms with van der Waals surface area (Å²) in [6.45, 7) is 4.09. The normalized spacial score (nSPS) is 15.2. The standard InChI is InChI=1S/C9H18ClNO2/c1-7(6-10)9(13)11(3)5-4-8(2)12/h7-8,12H,4-6H2,1-3H3. The van der Waals surface area contributed by atoms with E-state index in [4.69, 9.17) is 16.7 Å². The Morgan fingerprint density at radius 3 is 2.46 bits per heavy atom. The molecule has 0 aliphatic rings. The molecule has 1 N–H and O–H groups in total. The maximum absolute atomic E-state index is 11.4. The van der Waals surface area contributed by atoms with Gasteiger partial charge in [0.1, 0.15) is 0 Å². The van der Waals surface area contributed by atoms with E-state index in [-0.39, 0.29) is 17.9 Å². The molecule has 0 rings (SSSR count). The van der Waals surface area contributed by atoms with Crippen molar-refractivity contribution in [3.05, 3.63) is 0 Å². The van der Waals surface area contributed by atoms with E-state index in [2.05, 4.69) is 0 Å². The van der Waals surface area contributed by atoms with Crippen LogP contribution < -0.4 is 0 Å². The summed E-state index contributed by atoms with van der Waals surface area (Å²) in [4.78, 5) is 13.1. The minimum Gasteiger partial charge on any atom is -0.393 e. The fraction of sp³-hybridized carbons (Fsp3) is 0.889. The van der Waals surface area contributed by atoms with Gasteiger partial charge >= 0.3 is 0 Å². The predicted molar refractivity (Wildman–Crippen MR) is 53.8 cm³/mol. The molecule has 0 bridgehead atoms. The smallest absolute Gasteiger partial charge is 0.226 e. The Labute approximate surface area is 84.7 Å². The van der Waals surface area contributed by atoms with Crippen LogP contribution in [0, 0.1) is 5.92 Å². The summed E-state index contributed by atoms with van der Waals surface area (Å²) in [5.74, 6) is 0.244. The van der Waals surface area contributed by atoms with Crippen molar-refractivity contribution >= 4 is 17.5 Å². The SMILES string of the molecule is CC(O)CCN(C)C(=O)C(C)CCl. The third-order valence-electron chi connectivity index (χ3n) is 1.91. The lowest BCUT2D eigenvalue weighted by atomic mass is 10.2. The molecular weight excluding hydrogens is 190 g/mol. The van der Waals surface area contributed by atoms with E-state index in [0.29, 0.717) is 18.8 Å². The van der Waals surface area contributed by atoms with Crippen molar-refractivity contribution in [3.63, 3.8) is 0 Å². The van der Waals surface area contributed by atoms with E-state index in [9.17, 15) is 4.79 Å². The number of aliphatic hydroxyl groups excluding tert-OH is 1. The fourth-order valence-electron chi connectivity index (χ4n) is 0.933. The zero-order chi connectivity index (χ0) is 10.4. The van der Waals surface area contributed by atoms with E-state index in [0.717, 1.165) is 0 Å². The molecule has 0 radical (unpaired) electrons. The second-order valence-corrected chi connectivity index (χ2v) is 3.76. The van der Waals surface area contributed by atoms with Gasteiger partial charge in [0, 0.05) is 25.4 Å². The molecule has 1 amide bonds. The Morgan fingerprint density at radius 1 is 1.54 bits per heavy atom. The Kier molecular flexibility index (Phi) is 6.08. The summed E-state index contributed by atoms with van der Waals surface area (Å²) in [5, 5.41) is 9.01. The monoisotopic (exact) mass is 207 g/mol. The molecular formula is C9H18ClNO2. The van der Waals surface area contributed by atoms with Gasteiger partial charge in [-0.1, -0.05) is 6.92 Å². The van der Waals surface area contributed by atoms with Gasteiger partial charge < -0.3 is 10.0 Å². The van der Waals surface area contributed by atoms with E-state index in [1.807, 2.05) is 0 Å². The average Bonchev–Trinajstić information content (AvgIpc) is 2.11. The first-order valence-corrected chi connectivity index (χ1v) is 5.01. The second kappa shape index (κ2) is 6.22. The average molecular weight is 208 g/mol. The molecule has 3 nitrogen and oxygen atoms in total. The van der Waals surface area contributed by atoms with Crippen molar-refractivity contribution in [1.82, 2.24) is 4.90 Å². The van der Waals surface area contributed by atoms with Gasteiger partial charge in [-0.15, -0.1) is 11.6 Å². The van der Waals surface area contributed by atoms with Crippen LogP contribution >= 0.6 is 11.6 Å². The zero-order valence-electron chi connectivity index (χ0n) is 8.46. The molecule has 0 aliphatic carbocycles. The molecule has 0 aliphatic heterocycles. The molecule has 78 valence electrons. The maximum Gasteiger partial charge on any atom is 0.226 e. The first-order chi connectivity index (χ1) is 5.99. The first-order valence-electron chi connectivity index (χ1n) is 4.48. The third kappa shape index (κ3) is 5.11. The maximum atomic E-state index is 11.4. The highest BCUT2D eigenvalue weighted by atomic mass is 35.5. The van der Waals surface area contributed by atoms with Crippen molar-refractivity contribution in [2.45, 2.75) is 26.4 Å². The van der Waals surface area contributed by atoms with Crippen molar-refractivity contribution in [3.8, 4) is 0 Å². The number of hydrogen-bond acceptors (Lipinski definition) is 2. The first kappa shape index (κ1) is 12.7. The van der Waals surface area contributed by atoms with Crippen molar-refractivity contribution in [1.29, 1.82) is 0 Å². The van der Waals surface area contributed by atoms with Crippen LogP contribution in [-0.4, -0.2) is 41.5 Å². The Bertz CT molecular complexity index is 162. The second-order valence-electron chi connectivity index (χ2n) is 3.45. The lowest BCUT2D eigenvalue weighted by Crippen LogP contribution is -2.34. The summed E-state index contributed by atoms with van der Waals surface area (Å²) in [7, 11) is 1.73. The van der Waals surface area contributed by atoms with Gasteiger partial charge in [0.15, 0.2) is 0 Å². The Morgan fingerprint density at radius 2 is 2.08 bits per heavy atom. The summed E-state index contributed by atoms with van der Waals surface area (Å²) in [6.07, 6.45) is 0.249. The Balaban J connectivity index is 3.82. The molecule has 4 heteroatoms. The number of nitrogens with zero attached hydrogens (tertiary/aromatic N) is 1. The molecule has 0 aromatic rings. The third-order valence-corrected chi connectivity index (χ3v) is 2.37. The number of carbonyl (C=O) groups excluding carboxylic acids is 1. The number of amides is 1. The van der Waals surface area contributed by atoms with E-state index in [1.54, 1.807) is 25.8 Å². The van der Waals surface area contributed by atoms with Crippen LogP contribution in [0.2, 0.25) is 0 Å². The van der Waals surface area contributed by atoms with Crippen LogP contribution in [0.5, 0.6) is 0 Å². The highest BCUT2D eigenvalue weighted by Crippen LogP contribution is 2.04.